The highest BCUT2D eigenvalue weighted by Crippen LogP contribution is 2.33. The third kappa shape index (κ3) is 3.26. The molecular weight excluding hydrogens is 332 g/mol. The number of piperidine rings is 1. The molecule has 7 heteroatoms. The van der Waals surface area contributed by atoms with Crippen LogP contribution in [0.3, 0.4) is 0 Å². The SMILES string of the molecule is CN(C)Cc1nnc([C@@H]2CCCN(c3nc4ccccc4s3)C2)n1C. The summed E-state index contributed by atoms with van der Waals surface area (Å²) >= 11 is 1.78. The van der Waals surface area contributed by atoms with E-state index in [1.165, 1.54) is 4.70 Å². The zero-order valence-corrected chi connectivity index (χ0v) is 15.8. The summed E-state index contributed by atoms with van der Waals surface area (Å²) in [5, 5.41) is 10.0. The van der Waals surface area contributed by atoms with E-state index in [4.69, 9.17) is 4.98 Å². The van der Waals surface area contributed by atoms with Crippen LogP contribution in [-0.2, 0) is 13.6 Å². The van der Waals surface area contributed by atoms with Crippen LogP contribution >= 0.6 is 11.3 Å². The average molecular weight is 356 g/mol. The van der Waals surface area contributed by atoms with Crippen molar-refractivity contribution in [1.29, 1.82) is 0 Å². The molecule has 3 heterocycles. The third-order valence-electron chi connectivity index (χ3n) is 4.80. The van der Waals surface area contributed by atoms with Crippen LogP contribution in [-0.4, -0.2) is 51.8 Å². The molecule has 0 bridgehead atoms. The maximum atomic E-state index is 4.83. The highest BCUT2D eigenvalue weighted by Gasteiger charge is 2.27. The van der Waals surface area contributed by atoms with E-state index in [1.807, 2.05) is 0 Å². The molecule has 0 spiro atoms. The van der Waals surface area contributed by atoms with E-state index in [0.29, 0.717) is 5.92 Å². The lowest BCUT2D eigenvalue weighted by Crippen LogP contribution is -2.35. The van der Waals surface area contributed by atoms with Crippen molar-refractivity contribution in [2.75, 3.05) is 32.1 Å². The predicted molar refractivity (Wildman–Crippen MR) is 102 cm³/mol. The van der Waals surface area contributed by atoms with Crippen LogP contribution in [0, 0.1) is 0 Å². The van der Waals surface area contributed by atoms with Gasteiger partial charge in [0.25, 0.3) is 0 Å². The molecule has 0 amide bonds. The molecule has 6 nitrogen and oxygen atoms in total. The molecule has 0 N–H and O–H groups in total. The Morgan fingerprint density at radius 1 is 1.24 bits per heavy atom. The van der Waals surface area contributed by atoms with Gasteiger partial charge in [0, 0.05) is 26.1 Å². The topological polar surface area (TPSA) is 50.1 Å². The second-order valence-electron chi connectivity index (χ2n) is 7.02. The van der Waals surface area contributed by atoms with Crippen LogP contribution in [0.1, 0.15) is 30.4 Å². The molecule has 25 heavy (non-hydrogen) atoms. The molecule has 132 valence electrons. The number of hydrogen-bond donors (Lipinski definition) is 0. The summed E-state index contributed by atoms with van der Waals surface area (Å²) in [7, 11) is 6.21. The summed E-state index contributed by atoms with van der Waals surface area (Å²) in [6.07, 6.45) is 2.33. The Bertz CT molecular complexity index is 834. The molecule has 1 fully saturated rings. The Morgan fingerprint density at radius 2 is 2.08 bits per heavy atom. The monoisotopic (exact) mass is 356 g/mol. The normalized spacial score (nSPS) is 18.4. The van der Waals surface area contributed by atoms with Gasteiger partial charge >= 0.3 is 0 Å². The largest absolute Gasteiger partial charge is 0.347 e. The van der Waals surface area contributed by atoms with Crippen molar-refractivity contribution in [2.24, 2.45) is 7.05 Å². The summed E-state index contributed by atoms with van der Waals surface area (Å²) in [6.45, 7) is 2.85. The molecule has 1 saturated heterocycles. The maximum Gasteiger partial charge on any atom is 0.186 e. The Balaban J connectivity index is 1.56. The number of anilines is 1. The lowest BCUT2D eigenvalue weighted by Gasteiger charge is -2.32. The Hall–Kier alpha value is -1.99. The van der Waals surface area contributed by atoms with Gasteiger partial charge < -0.3 is 14.4 Å². The van der Waals surface area contributed by atoms with Crippen LogP contribution in [0.15, 0.2) is 24.3 Å². The maximum absolute atomic E-state index is 4.83. The van der Waals surface area contributed by atoms with Crippen molar-refractivity contribution < 1.29 is 0 Å². The number of hydrogen-bond acceptors (Lipinski definition) is 6. The highest BCUT2D eigenvalue weighted by molar-refractivity contribution is 7.22. The summed E-state index contributed by atoms with van der Waals surface area (Å²) in [5.41, 5.74) is 1.09. The summed E-state index contributed by atoms with van der Waals surface area (Å²) in [6, 6.07) is 8.37. The van der Waals surface area contributed by atoms with Gasteiger partial charge in [-0.15, -0.1) is 10.2 Å². The highest BCUT2D eigenvalue weighted by atomic mass is 32.1. The molecule has 0 saturated carbocycles. The van der Waals surface area contributed by atoms with Crippen molar-refractivity contribution in [3.63, 3.8) is 0 Å². The molecule has 0 aliphatic carbocycles. The van der Waals surface area contributed by atoms with Gasteiger partial charge in [-0.2, -0.15) is 0 Å². The van der Waals surface area contributed by atoms with Crippen molar-refractivity contribution in [1.82, 2.24) is 24.6 Å². The number of thiazole rings is 1. The smallest absolute Gasteiger partial charge is 0.186 e. The van der Waals surface area contributed by atoms with Gasteiger partial charge in [0.15, 0.2) is 5.13 Å². The van der Waals surface area contributed by atoms with Gasteiger partial charge in [0.2, 0.25) is 0 Å². The number of aromatic nitrogens is 4. The zero-order valence-electron chi connectivity index (χ0n) is 15.0. The molecule has 0 radical (unpaired) electrons. The Kier molecular flexibility index (Phi) is 4.43. The average Bonchev–Trinajstić information content (AvgIpc) is 3.19. The standard InChI is InChI=1S/C18H24N6S/c1-22(2)12-16-20-21-17(23(16)3)13-7-6-10-24(11-13)18-19-14-8-4-5-9-15(14)25-18/h4-5,8-9,13H,6-7,10-12H2,1-3H3/t13-/m1/s1. The van der Waals surface area contributed by atoms with Crippen LogP contribution in [0.2, 0.25) is 0 Å². The zero-order chi connectivity index (χ0) is 17.4. The van der Waals surface area contributed by atoms with E-state index >= 15 is 0 Å². The summed E-state index contributed by atoms with van der Waals surface area (Å²) < 4.78 is 3.43. The van der Waals surface area contributed by atoms with E-state index in [0.717, 1.165) is 54.8 Å². The number of fused-ring (bicyclic) bond motifs is 1. The van der Waals surface area contributed by atoms with E-state index in [-0.39, 0.29) is 0 Å². The van der Waals surface area contributed by atoms with Crippen molar-refractivity contribution in [3.05, 3.63) is 35.9 Å². The molecular formula is C18H24N6S. The van der Waals surface area contributed by atoms with Crippen molar-refractivity contribution in [3.8, 4) is 0 Å². The fourth-order valence-corrected chi connectivity index (χ4v) is 4.51. The second-order valence-corrected chi connectivity index (χ2v) is 8.03. The minimum absolute atomic E-state index is 0.411. The third-order valence-corrected chi connectivity index (χ3v) is 5.89. The molecule has 1 aromatic carbocycles. The molecule has 0 unspecified atom stereocenters. The Morgan fingerprint density at radius 3 is 2.88 bits per heavy atom. The first-order valence-electron chi connectivity index (χ1n) is 8.75. The van der Waals surface area contributed by atoms with Crippen LogP contribution in [0.25, 0.3) is 10.2 Å². The first-order valence-corrected chi connectivity index (χ1v) is 9.57. The van der Waals surface area contributed by atoms with Gasteiger partial charge in [-0.3, -0.25) is 0 Å². The molecule has 4 rings (SSSR count). The summed E-state index contributed by atoms with van der Waals surface area (Å²) in [4.78, 5) is 9.37. The van der Waals surface area contributed by atoms with E-state index in [1.54, 1.807) is 11.3 Å². The molecule has 3 aromatic rings. The number of para-hydroxylation sites is 1. The molecule has 1 aliphatic rings. The number of rotatable bonds is 4. The van der Waals surface area contributed by atoms with Crippen LogP contribution in [0.5, 0.6) is 0 Å². The van der Waals surface area contributed by atoms with Gasteiger partial charge in [0.1, 0.15) is 11.6 Å². The van der Waals surface area contributed by atoms with E-state index in [2.05, 4.69) is 70.0 Å². The molecule has 2 aromatic heterocycles. The van der Waals surface area contributed by atoms with Crippen molar-refractivity contribution >= 4 is 26.7 Å². The van der Waals surface area contributed by atoms with Crippen LogP contribution < -0.4 is 4.90 Å². The quantitative estimate of drug-likeness (QED) is 0.719. The lowest BCUT2D eigenvalue weighted by molar-refractivity contribution is 0.382. The summed E-state index contributed by atoms with van der Waals surface area (Å²) in [5.74, 6) is 2.54. The van der Waals surface area contributed by atoms with Gasteiger partial charge in [-0.25, -0.2) is 4.98 Å². The fraction of sp³-hybridized carbons (Fsp3) is 0.500. The van der Waals surface area contributed by atoms with Crippen LogP contribution in [0.4, 0.5) is 5.13 Å². The first-order chi connectivity index (χ1) is 12.1. The number of benzene rings is 1. The number of nitrogens with zero attached hydrogens (tertiary/aromatic N) is 6. The predicted octanol–water partition coefficient (Wildman–Crippen LogP) is 2.87. The minimum Gasteiger partial charge on any atom is -0.347 e. The van der Waals surface area contributed by atoms with E-state index in [9.17, 15) is 0 Å². The fourth-order valence-electron chi connectivity index (χ4n) is 3.51. The van der Waals surface area contributed by atoms with Gasteiger partial charge in [0.05, 0.1) is 16.8 Å². The van der Waals surface area contributed by atoms with Gasteiger partial charge in [-0.1, -0.05) is 23.5 Å². The second kappa shape index (κ2) is 6.72. The minimum atomic E-state index is 0.411. The molecule has 1 aliphatic heterocycles. The van der Waals surface area contributed by atoms with Crippen molar-refractivity contribution in [2.45, 2.75) is 25.3 Å². The molecule has 1 atom stereocenters. The lowest BCUT2D eigenvalue weighted by atomic mass is 9.97. The van der Waals surface area contributed by atoms with E-state index < -0.39 is 0 Å². The van der Waals surface area contributed by atoms with Gasteiger partial charge in [-0.05, 0) is 39.1 Å². The Labute approximate surface area is 152 Å². The first kappa shape index (κ1) is 16.5.